The summed E-state index contributed by atoms with van der Waals surface area (Å²) in [6, 6.07) is 11.6. The van der Waals surface area contributed by atoms with Crippen LogP contribution in [0.1, 0.15) is 33.2 Å². The molecule has 0 spiro atoms. The first-order chi connectivity index (χ1) is 13.5. The standard InChI is InChI=1S/C20H21ClN2O4S/c1-26-20(25)16(11-12-5-7-13(21)8-6-12)23-19(24)15-4-2-3-14-17(28-22)9-10-27-18(14)15/h2-8,16-17H,9-11,22H2,1H3,(H,23,24). The van der Waals surface area contributed by atoms with Gasteiger partial charge in [0.2, 0.25) is 0 Å². The molecule has 2 aromatic rings. The second-order valence-electron chi connectivity index (χ2n) is 6.37. The fraction of sp³-hybridized carbons (Fsp3) is 0.300. The van der Waals surface area contributed by atoms with Crippen molar-refractivity contribution in [2.45, 2.75) is 24.1 Å². The van der Waals surface area contributed by atoms with Gasteiger partial charge in [0, 0.05) is 17.0 Å². The average Bonchev–Trinajstić information content (AvgIpc) is 2.73. The predicted octanol–water partition coefficient (Wildman–Crippen LogP) is 3.28. The number of rotatable bonds is 6. The molecular formula is C20H21ClN2O4S. The quantitative estimate of drug-likeness (QED) is 0.550. The largest absolute Gasteiger partial charge is 0.492 e. The molecule has 148 valence electrons. The molecule has 28 heavy (non-hydrogen) atoms. The Labute approximate surface area is 172 Å². The Bertz CT molecular complexity index is 860. The molecule has 6 nitrogen and oxygen atoms in total. The highest BCUT2D eigenvalue weighted by atomic mass is 35.5. The first-order valence-corrected chi connectivity index (χ1v) is 10.1. The minimum atomic E-state index is -0.835. The van der Waals surface area contributed by atoms with E-state index in [4.69, 9.17) is 26.2 Å². The molecule has 1 aliphatic rings. The molecule has 1 amide bonds. The van der Waals surface area contributed by atoms with Crippen molar-refractivity contribution in [1.82, 2.24) is 5.32 Å². The number of nitrogens with one attached hydrogen (secondary N) is 1. The highest BCUT2D eigenvalue weighted by molar-refractivity contribution is 7.97. The number of carbonyl (C=O) groups excluding carboxylic acids is 2. The monoisotopic (exact) mass is 420 g/mol. The van der Waals surface area contributed by atoms with Gasteiger partial charge >= 0.3 is 5.97 Å². The van der Waals surface area contributed by atoms with E-state index >= 15 is 0 Å². The minimum absolute atomic E-state index is 0.0713. The maximum absolute atomic E-state index is 12.9. The molecule has 0 saturated carbocycles. The summed E-state index contributed by atoms with van der Waals surface area (Å²) in [7, 11) is 1.29. The van der Waals surface area contributed by atoms with Gasteiger partial charge in [0.1, 0.15) is 11.8 Å². The molecular weight excluding hydrogens is 400 g/mol. The van der Waals surface area contributed by atoms with E-state index in [9.17, 15) is 9.59 Å². The van der Waals surface area contributed by atoms with Gasteiger partial charge in [-0.25, -0.2) is 4.79 Å². The number of amides is 1. The zero-order valence-electron chi connectivity index (χ0n) is 15.3. The van der Waals surface area contributed by atoms with Crippen LogP contribution in [-0.4, -0.2) is 31.6 Å². The smallest absolute Gasteiger partial charge is 0.328 e. The summed E-state index contributed by atoms with van der Waals surface area (Å²) in [5, 5.41) is 9.21. The molecule has 2 unspecified atom stereocenters. The van der Waals surface area contributed by atoms with E-state index in [2.05, 4.69) is 5.32 Å². The van der Waals surface area contributed by atoms with Crippen LogP contribution in [0, 0.1) is 0 Å². The van der Waals surface area contributed by atoms with Crippen molar-refractivity contribution in [2.24, 2.45) is 5.14 Å². The molecule has 8 heteroatoms. The van der Waals surface area contributed by atoms with E-state index in [-0.39, 0.29) is 11.7 Å². The Kier molecular flexibility index (Phi) is 6.83. The zero-order chi connectivity index (χ0) is 20.1. The van der Waals surface area contributed by atoms with Gasteiger partial charge in [-0.15, -0.1) is 0 Å². The molecule has 2 atom stereocenters. The molecule has 1 heterocycles. The van der Waals surface area contributed by atoms with Crippen LogP contribution in [0.2, 0.25) is 5.02 Å². The second kappa shape index (κ2) is 9.32. The Balaban J connectivity index is 1.82. The summed E-state index contributed by atoms with van der Waals surface area (Å²) in [6.07, 6.45) is 1.06. The number of hydrogen-bond acceptors (Lipinski definition) is 6. The van der Waals surface area contributed by atoms with Crippen molar-refractivity contribution in [3.8, 4) is 5.75 Å². The Hall–Kier alpha value is -2.22. The van der Waals surface area contributed by atoms with Crippen LogP contribution in [0.5, 0.6) is 5.75 Å². The van der Waals surface area contributed by atoms with Crippen molar-refractivity contribution in [2.75, 3.05) is 13.7 Å². The maximum Gasteiger partial charge on any atom is 0.328 e. The number of halogens is 1. The maximum atomic E-state index is 12.9. The molecule has 0 aromatic heterocycles. The third-order valence-corrected chi connectivity index (χ3v) is 5.64. The lowest BCUT2D eigenvalue weighted by Crippen LogP contribution is -2.43. The summed E-state index contributed by atoms with van der Waals surface area (Å²) >= 11 is 7.15. The van der Waals surface area contributed by atoms with E-state index in [1.54, 1.807) is 36.4 Å². The third-order valence-electron chi connectivity index (χ3n) is 4.57. The van der Waals surface area contributed by atoms with Gasteiger partial charge in [0.15, 0.2) is 0 Å². The summed E-state index contributed by atoms with van der Waals surface area (Å²) in [6.45, 7) is 0.483. The van der Waals surface area contributed by atoms with Crippen LogP contribution >= 0.6 is 23.5 Å². The lowest BCUT2D eigenvalue weighted by atomic mass is 10.0. The van der Waals surface area contributed by atoms with Crippen LogP contribution < -0.4 is 15.2 Å². The van der Waals surface area contributed by atoms with E-state index in [1.807, 2.05) is 6.07 Å². The Morgan fingerprint density at radius 3 is 2.75 bits per heavy atom. The Morgan fingerprint density at radius 2 is 2.07 bits per heavy atom. The average molecular weight is 421 g/mol. The number of methoxy groups -OCH3 is 1. The van der Waals surface area contributed by atoms with Gasteiger partial charge in [-0.3, -0.25) is 9.93 Å². The van der Waals surface area contributed by atoms with Crippen LogP contribution in [0.3, 0.4) is 0 Å². The molecule has 3 rings (SSSR count). The van der Waals surface area contributed by atoms with E-state index in [0.29, 0.717) is 22.9 Å². The van der Waals surface area contributed by atoms with Crippen molar-refractivity contribution >= 4 is 35.4 Å². The molecule has 0 fully saturated rings. The van der Waals surface area contributed by atoms with Crippen molar-refractivity contribution in [3.63, 3.8) is 0 Å². The number of esters is 1. The number of para-hydroxylation sites is 1. The Morgan fingerprint density at radius 1 is 1.32 bits per heavy atom. The molecule has 1 aliphatic heterocycles. The summed E-state index contributed by atoms with van der Waals surface area (Å²) in [4.78, 5) is 25.2. The highest BCUT2D eigenvalue weighted by Crippen LogP contribution is 2.40. The molecule has 2 aromatic carbocycles. The molecule has 0 aliphatic carbocycles. The molecule has 0 radical (unpaired) electrons. The predicted molar refractivity (Wildman–Crippen MR) is 109 cm³/mol. The normalized spacial score (nSPS) is 16.5. The molecule has 0 saturated heterocycles. The first kappa shape index (κ1) is 20.5. The van der Waals surface area contributed by atoms with Crippen LogP contribution in [0.4, 0.5) is 0 Å². The lowest BCUT2D eigenvalue weighted by molar-refractivity contribution is -0.142. The SMILES string of the molecule is COC(=O)C(Cc1ccc(Cl)cc1)NC(=O)c1cccc2c1OCCC2SN. The minimum Gasteiger partial charge on any atom is -0.492 e. The second-order valence-corrected chi connectivity index (χ2v) is 7.64. The summed E-state index contributed by atoms with van der Waals surface area (Å²) < 4.78 is 10.6. The highest BCUT2D eigenvalue weighted by Gasteiger charge is 2.28. The van der Waals surface area contributed by atoms with Crippen LogP contribution in [0.25, 0.3) is 0 Å². The van der Waals surface area contributed by atoms with E-state index < -0.39 is 17.9 Å². The van der Waals surface area contributed by atoms with Gasteiger partial charge in [-0.1, -0.05) is 47.8 Å². The summed E-state index contributed by atoms with van der Waals surface area (Å²) in [5.41, 5.74) is 2.12. The fourth-order valence-corrected chi connectivity index (χ4v) is 3.83. The number of ether oxygens (including phenoxy) is 2. The van der Waals surface area contributed by atoms with E-state index in [1.165, 1.54) is 19.1 Å². The number of nitrogens with two attached hydrogens (primary N) is 1. The van der Waals surface area contributed by atoms with Gasteiger partial charge < -0.3 is 14.8 Å². The van der Waals surface area contributed by atoms with Gasteiger partial charge in [-0.05, 0) is 30.2 Å². The van der Waals surface area contributed by atoms with E-state index in [0.717, 1.165) is 17.5 Å². The summed E-state index contributed by atoms with van der Waals surface area (Å²) in [5.74, 6) is -0.405. The van der Waals surface area contributed by atoms with Gasteiger partial charge in [0.25, 0.3) is 5.91 Å². The van der Waals surface area contributed by atoms with Gasteiger partial charge in [0.05, 0.1) is 24.5 Å². The number of hydrogen-bond donors (Lipinski definition) is 2. The van der Waals surface area contributed by atoms with Crippen LogP contribution in [0.15, 0.2) is 42.5 Å². The number of carbonyl (C=O) groups is 2. The van der Waals surface area contributed by atoms with Gasteiger partial charge in [-0.2, -0.15) is 0 Å². The fourth-order valence-electron chi connectivity index (χ4n) is 3.14. The zero-order valence-corrected chi connectivity index (χ0v) is 16.9. The topological polar surface area (TPSA) is 90.6 Å². The molecule has 3 N–H and O–H groups in total. The van der Waals surface area contributed by atoms with Crippen molar-refractivity contribution in [1.29, 1.82) is 0 Å². The number of fused-ring (bicyclic) bond motifs is 1. The van der Waals surface area contributed by atoms with Crippen LogP contribution in [-0.2, 0) is 16.0 Å². The number of benzene rings is 2. The molecule has 0 bridgehead atoms. The van der Waals surface area contributed by atoms with Crippen molar-refractivity contribution in [3.05, 3.63) is 64.2 Å². The van der Waals surface area contributed by atoms with Crippen molar-refractivity contribution < 1.29 is 19.1 Å². The lowest BCUT2D eigenvalue weighted by Gasteiger charge is -2.26. The first-order valence-electron chi connectivity index (χ1n) is 8.78. The third kappa shape index (κ3) is 4.60.